The van der Waals surface area contributed by atoms with Crippen molar-refractivity contribution in [3.63, 3.8) is 0 Å². The van der Waals surface area contributed by atoms with Crippen LogP contribution in [0.25, 0.3) is 0 Å². The number of aldehydes is 1. The maximum absolute atomic E-state index is 11.8. The van der Waals surface area contributed by atoms with Gasteiger partial charge in [0, 0.05) is 17.7 Å². The second-order valence-electron chi connectivity index (χ2n) is 3.91. The summed E-state index contributed by atoms with van der Waals surface area (Å²) < 4.78 is 0. The molecule has 0 heterocycles. The van der Waals surface area contributed by atoms with E-state index in [-0.39, 0.29) is 5.91 Å². The Morgan fingerprint density at radius 2 is 1.67 bits per heavy atom. The van der Waals surface area contributed by atoms with Crippen molar-refractivity contribution in [2.24, 2.45) is 0 Å². The van der Waals surface area contributed by atoms with Crippen molar-refractivity contribution in [3.8, 4) is 0 Å². The average molecular weight is 239 g/mol. The molecule has 2 aromatic rings. The Labute approximate surface area is 105 Å². The summed E-state index contributed by atoms with van der Waals surface area (Å²) in [6.07, 6.45) is 0.798. The summed E-state index contributed by atoms with van der Waals surface area (Å²) in [6.45, 7) is 0.451. The molecule has 18 heavy (non-hydrogen) atoms. The predicted molar refractivity (Wildman–Crippen MR) is 69.4 cm³/mol. The lowest BCUT2D eigenvalue weighted by Gasteiger charge is -2.05. The molecular weight excluding hydrogens is 226 g/mol. The fourth-order valence-corrected chi connectivity index (χ4v) is 1.59. The van der Waals surface area contributed by atoms with Crippen molar-refractivity contribution >= 4 is 12.2 Å². The average Bonchev–Trinajstić information content (AvgIpc) is 2.46. The van der Waals surface area contributed by atoms with Crippen molar-refractivity contribution in [3.05, 3.63) is 71.3 Å². The second kappa shape index (κ2) is 5.77. The zero-order valence-electron chi connectivity index (χ0n) is 9.80. The number of rotatable bonds is 4. The summed E-state index contributed by atoms with van der Waals surface area (Å²) in [5, 5.41) is 2.83. The Balaban J connectivity index is 1.95. The third-order valence-electron chi connectivity index (χ3n) is 2.60. The van der Waals surface area contributed by atoms with E-state index in [4.69, 9.17) is 0 Å². The molecule has 0 aromatic heterocycles. The molecule has 1 N–H and O–H groups in total. The van der Waals surface area contributed by atoms with Crippen LogP contribution in [0.2, 0.25) is 0 Å². The summed E-state index contributed by atoms with van der Waals surface area (Å²) >= 11 is 0. The highest BCUT2D eigenvalue weighted by Gasteiger charge is 2.03. The fourth-order valence-electron chi connectivity index (χ4n) is 1.59. The van der Waals surface area contributed by atoms with Gasteiger partial charge in [-0.25, -0.2) is 0 Å². The molecule has 3 heteroatoms. The van der Waals surface area contributed by atoms with Crippen molar-refractivity contribution in [1.29, 1.82) is 0 Å². The third kappa shape index (κ3) is 3.04. The van der Waals surface area contributed by atoms with E-state index in [1.807, 2.05) is 30.3 Å². The Kier molecular flexibility index (Phi) is 3.86. The lowest BCUT2D eigenvalue weighted by atomic mass is 10.1. The molecule has 1 amide bonds. The number of nitrogens with one attached hydrogen (secondary N) is 1. The number of carbonyl (C=O) groups is 2. The fraction of sp³-hybridized carbons (Fsp3) is 0.0667. The number of amides is 1. The minimum Gasteiger partial charge on any atom is -0.348 e. The first kappa shape index (κ1) is 12.0. The normalized spacial score (nSPS) is 9.78. The van der Waals surface area contributed by atoms with Crippen molar-refractivity contribution in [2.45, 2.75) is 6.54 Å². The molecule has 90 valence electrons. The van der Waals surface area contributed by atoms with Gasteiger partial charge in [0.15, 0.2) is 0 Å². The molecule has 0 aliphatic heterocycles. The van der Waals surface area contributed by atoms with Crippen LogP contribution in [-0.4, -0.2) is 12.2 Å². The van der Waals surface area contributed by atoms with Crippen molar-refractivity contribution < 1.29 is 9.59 Å². The molecule has 0 fully saturated rings. The highest BCUT2D eigenvalue weighted by Crippen LogP contribution is 2.03. The quantitative estimate of drug-likeness (QED) is 0.833. The van der Waals surface area contributed by atoms with Crippen LogP contribution in [0.3, 0.4) is 0 Å². The summed E-state index contributed by atoms with van der Waals surface area (Å²) in [5.41, 5.74) is 2.24. The van der Waals surface area contributed by atoms with Crippen LogP contribution in [0, 0.1) is 0 Å². The highest BCUT2D eigenvalue weighted by atomic mass is 16.1. The largest absolute Gasteiger partial charge is 0.348 e. The smallest absolute Gasteiger partial charge is 0.251 e. The van der Waals surface area contributed by atoms with Crippen LogP contribution in [-0.2, 0) is 6.54 Å². The highest BCUT2D eigenvalue weighted by molar-refractivity contribution is 5.94. The summed E-state index contributed by atoms with van der Waals surface area (Å²) in [6, 6.07) is 16.2. The monoisotopic (exact) mass is 239 g/mol. The number of hydrogen-bond acceptors (Lipinski definition) is 2. The maximum Gasteiger partial charge on any atom is 0.251 e. The van der Waals surface area contributed by atoms with E-state index in [9.17, 15) is 9.59 Å². The van der Waals surface area contributed by atoms with Crippen LogP contribution in [0.15, 0.2) is 54.6 Å². The van der Waals surface area contributed by atoms with Crippen LogP contribution < -0.4 is 5.32 Å². The van der Waals surface area contributed by atoms with Gasteiger partial charge >= 0.3 is 0 Å². The van der Waals surface area contributed by atoms with Crippen LogP contribution in [0.5, 0.6) is 0 Å². The van der Waals surface area contributed by atoms with Gasteiger partial charge < -0.3 is 5.32 Å². The Morgan fingerprint density at radius 3 is 2.28 bits per heavy atom. The van der Waals surface area contributed by atoms with Crippen LogP contribution in [0.1, 0.15) is 26.3 Å². The van der Waals surface area contributed by atoms with E-state index in [1.165, 1.54) is 0 Å². The molecule has 0 saturated heterocycles. The van der Waals surface area contributed by atoms with E-state index in [0.29, 0.717) is 17.7 Å². The molecule has 3 nitrogen and oxygen atoms in total. The number of carbonyl (C=O) groups excluding carboxylic acids is 2. The summed E-state index contributed by atoms with van der Waals surface area (Å²) in [4.78, 5) is 22.3. The van der Waals surface area contributed by atoms with Crippen molar-refractivity contribution in [2.75, 3.05) is 0 Å². The lowest BCUT2D eigenvalue weighted by Crippen LogP contribution is -2.22. The molecule has 0 aliphatic rings. The number of hydrogen-bond donors (Lipinski definition) is 1. The van der Waals surface area contributed by atoms with E-state index in [0.717, 1.165) is 11.8 Å². The molecule has 2 rings (SSSR count). The molecule has 0 unspecified atom stereocenters. The molecule has 0 aliphatic carbocycles. The summed E-state index contributed by atoms with van der Waals surface area (Å²) in [7, 11) is 0. The van der Waals surface area contributed by atoms with Gasteiger partial charge in [-0.15, -0.1) is 0 Å². The first-order valence-corrected chi connectivity index (χ1v) is 5.67. The Hall–Kier alpha value is -2.42. The zero-order valence-corrected chi connectivity index (χ0v) is 9.80. The molecular formula is C15H13NO2. The summed E-state index contributed by atoms with van der Waals surface area (Å²) in [5.74, 6) is -0.102. The topological polar surface area (TPSA) is 46.2 Å². The van der Waals surface area contributed by atoms with E-state index < -0.39 is 0 Å². The van der Waals surface area contributed by atoms with Gasteiger partial charge in [-0.2, -0.15) is 0 Å². The van der Waals surface area contributed by atoms with E-state index in [2.05, 4.69) is 5.32 Å². The van der Waals surface area contributed by atoms with Gasteiger partial charge in [0.25, 0.3) is 5.91 Å². The first-order valence-electron chi connectivity index (χ1n) is 5.67. The van der Waals surface area contributed by atoms with Gasteiger partial charge in [-0.3, -0.25) is 9.59 Å². The lowest BCUT2D eigenvalue weighted by molar-refractivity contribution is 0.0950. The standard InChI is InChI=1S/C15H13NO2/c17-11-13-8-6-12(7-9-13)10-16-15(18)14-4-2-1-3-5-14/h1-9,11H,10H2,(H,16,18). The predicted octanol–water partition coefficient (Wildman–Crippen LogP) is 2.43. The molecule has 0 saturated carbocycles. The first-order chi connectivity index (χ1) is 8.79. The third-order valence-corrected chi connectivity index (χ3v) is 2.60. The second-order valence-corrected chi connectivity index (χ2v) is 3.91. The minimum atomic E-state index is -0.102. The number of benzene rings is 2. The van der Waals surface area contributed by atoms with Gasteiger partial charge in [-0.05, 0) is 17.7 Å². The van der Waals surface area contributed by atoms with Gasteiger partial charge in [0.1, 0.15) is 6.29 Å². The SMILES string of the molecule is O=Cc1ccc(CNC(=O)c2ccccc2)cc1. The molecule has 0 bridgehead atoms. The zero-order chi connectivity index (χ0) is 12.8. The molecule has 0 atom stereocenters. The van der Waals surface area contributed by atoms with Crippen LogP contribution >= 0.6 is 0 Å². The van der Waals surface area contributed by atoms with E-state index >= 15 is 0 Å². The molecule has 0 spiro atoms. The molecule has 0 radical (unpaired) electrons. The van der Waals surface area contributed by atoms with Gasteiger partial charge in [0.2, 0.25) is 0 Å². The molecule has 2 aromatic carbocycles. The van der Waals surface area contributed by atoms with Crippen molar-refractivity contribution in [1.82, 2.24) is 5.32 Å². The van der Waals surface area contributed by atoms with Gasteiger partial charge in [-0.1, -0.05) is 42.5 Å². The minimum absolute atomic E-state index is 0.102. The maximum atomic E-state index is 11.8. The van der Waals surface area contributed by atoms with E-state index in [1.54, 1.807) is 24.3 Å². The van der Waals surface area contributed by atoms with Crippen LogP contribution in [0.4, 0.5) is 0 Å². The Bertz CT molecular complexity index is 532. The van der Waals surface area contributed by atoms with Gasteiger partial charge in [0.05, 0.1) is 0 Å². The Morgan fingerprint density at radius 1 is 1.00 bits per heavy atom.